The number of Topliss-reactive ketones (excluding diaryl/α,β-unsaturated/α-hetero) is 3. The van der Waals surface area contributed by atoms with Crippen LogP contribution in [0.3, 0.4) is 0 Å². The molecule has 19 nitrogen and oxygen atoms in total. The van der Waals surface area contributed by atoms with Crippen molar-refractivity contribution in [2.24, 2.45) is 5.92 Å². The van der Waals surface area contributed by atoms with Gasteiger partial charge in [-0.3, -0.25) is 33.7 Å². The fourth-order valence-corrected chi connectivity index (χ4v) is 8.69. The van der Waals surface area contributed by atoms with Crippen molar-refractivity contribution < 1.29 is 72.2 Å². The van der Waals surface area contributed by atoms with Crippen LogP contribution in [0.25, 0.3) is 0 Å². The third-order valence-corrected chi connectivity index (χ3v) is 12.6. The maximum atomic E-state index is 15.9. The molecule has 5 bridgehead atoms. The number of carbonyl (C=O) groups is 7. The quantitative estimate of drug-likeness (QED) is 0.127. The molecule has 0 spiro atoms. The lowest BCUT2D eigenvalue weighted by atomic mass is 9.82. The number of halogens is 1. The number of aliphatic hydroxyl groups is 2. The van der Waals surface area contributed by atoms with E-state index in [4.69, 9.17) is 24.1 Å². The summed E-state index contributed by atoms with van der Waals surface area (Å²) in [4.78, 5) is 98.1. The van der Waals surface area contributed by atoms with Gasteiger partial charge in [0.05, 0.1) is 48.2 Å². The lowest BCUT2D eigenvalue weighted by Crippen LogP contribution is -2.49. The molecule has 20 heteroatoms. The maximum Gasteiger partial charge on any atom is 0.411 e. The Hall–Kier alpha value is -7.06. The Morgan fingerprint density at radius 2 is 1.70 bits per heavy atom. The SMILES string of the molecule is C=CC(C=C/C(F)=C(\C)N1CCN(C2=C3NC(=O)/C(C)=C\C=C\C(C)CCC(O)CC(OC(C)=O)CC/C=C/OC4Oc5c(C)c(O)c(c(c5C4=O)C2=O)C3=O)CC1)N1CC(CNC(C)=O)OC1=O.CO. The lowest BCUT2D eigenvalue weighted by Gasteiger charge is -2.40. The Morgan fingerprint density at radius 1 is 1.00 bits per heavy atom. The minimum atomic E-state index is -1.60. The summed E-state index contributed by atoms with van der Waals surface area (Å²) in [6, 6.07) is -0.723. The van der Waals surface area contributed by atoms with E-state index < -0.39 is 94.4 Å². The van der Waals surface area contributed by atoms with E-state index in [0.29, 0.717) is 25.7 Å². The number of hydrogen-bond acceptors (Lipinski definition) is 16. The standard InChI is InChI=1S/C50H60FN5O13.CH4O/c1-8-33(56-26-36(68-50(56)65)25-52-31(6)57)16-18-37(51)30(5)54-19-21-55(22-20-54)42-41-44(61)39-38(45(42)62)40-46(63)49(69-47(40)29(4)43(39)60)66-23-10-9-14-35(67-32(7)58)24-34(59)17-15-27(2)12-11-13-28(3)48(64)53-41;1-2/h8,10-13,16,18,23,27,33-36,49,59-60H,1,9,14-15,17,19-22,24-26H2,2-7H3,(H,52,57)(H,53,64);2H,1H3/b12-11+,18-16?,23-10+,28-13-,37-30-;. The molecule has 5 aliphatic heterocycles. The number of carbonyl (C=O) groups excluding carboxylic acids is 7. The van der Waals surface area contributed by atoms with Crippen LogP contribution >= 0.6 is 0 Å². The molecule has 7 rings (SSSR count). The first-order valence-electron chi connectivity index (χ1n) is 23.4. The van der Waals surface area contributed by atoms with E-state index in [0.717, 1.165) is 7.11 Å². The second-order valence-electron chi connectivity index (χ2n) is 17.7. The van der Waals surface area contributed by atoms with E-state index in [1.165, 1.54) is 63.2 Å². The van der Waals surface area contributed by atoms with Crippen molar-refractivity contribution in [1.82, 2.24) is 25.3 Å². The lowest BCUT2D eigenvalue weighted by molar-refractivity contribution is -0.148. The van der Waals surface area contributed by atoms with Crippen molar-refractivity contribution in [1.29, 1.82) is 0 Å². The number of benzene rings is 1. The summed E-state index contributed by atoms with van der Waals surface area (Å²) in [7, 11) is 1.00. The molecule has 5 heterocycles. The van der Waals surface area contributed by atoms with Crippen LogP contribution in [0.15, 0.2) is 83.9 Å². The molecule has 71 heavy (non-hydrogen) atoms. The molecule has 1 aromatic carbocycles. The average Bonchev–Trinajstić information content (AvgIpc) is 3.88. The number of nitrogens with zero attached hydrogens (tertiary/aromatic N) is 3. The first-order valence-corrected chi connectivity index (χ1v) is 23.4. The number of ether oxygens (including phenoxy) is 4. The first kappa shape index (κ1) is 54.9. The largest absolute Gasteiger partial charge is 0.507 e. The van der Waals surface area contributed by atoms with Gasteiger partial charge in [0.25, 0.3) is 5.91 Å². The number of hydrogen-bond donors (Lipinski definition) is 5. The molecule has 3 amide bonds. The van der Waals surface area contributed by atoms with Crippen LogP contribution in [0.5, 0.6) is 11.5 Å². The maximum absolute atomic E-state index is 15.9. The van der Waals surface area contributed by atoms with Crippen LogP contribution in [-0.4, -0.2) is 148 Å². The second-order valence-corrected chi connectivity index (χ2v) is 17.7. The minimum Gasteiger partial charge on any atom is -0.507 e. The fourth-order valence-electron chi connectivity index (χ4n) is 8.69. The van der Waals surface area contributed by atoms with Gasteiger partial charge in [0, 0.05) is 70.4 Å². The van der Waals surface area contributed by atoms with Gasteiger partial charge in [-0.25, -0.2) is 9.18 Å². The number of aliphatic hydroxyl groups excluding tert-OH is 2. The molecule has 5 N–H and O–H groups in total. The number of phenols is 1. The number of allylic oxidation sites excluding steroid dienone is 9. The van der Waals surface area contributed by atoms with Crippen LogP contribution in [-0.2, 0) is 28.6 Å². The van der Waals surface area contributed by atoms with Gasteiger partial charge in [-0.05, 0) is 64.5 Å². The number of piperazine rings is 1. The van der Waals surface area contributed by atoms with Crippen molar-refractivity contribution in [3.63, 3.8) is 0 Å². The highest BCUT2D eigenvalue weighted by Crippen LogP contribution is 2.46. The number of cyclic esters (lactones) is 1. The molecule has 1 aromatic rings. The minimum absolute atomic E-state index is 0.0102. The van der Waals surface area contributed by atoms with Crippen molar-refractivity contribution in [3.8, 4) is 11.5 Å². The van der Waals surface area contributed by atoms with Gasteiger partial charge in [0.15, 0.2) is 0 Å². The molecule has 2 fully saturated rings. The second kappa shape index (κ2) is 24.7. The molecule has 0 aromatic heterocycles. The summed E-state index contributed by atoms with van der Waals surface area (Å²) in [6.45, 7) is 13.5. The van der Waals surface area contributed by atoms with Gasteiger partial charge in [-0.2, -0.15) is 0 Å². The number of phenolic OH excluding ortho intramolecular Hbond substituents is 1. The van der Waals surface area contributed by atoms with Crippen LogP contribution in [0.1, 0.15) is 103 Å². The van der Waals surface area contributed by atoms with Gasteiger partial charge in [0.2, 0.25) is 23.3 Å². The Bertz CT molecular complexity index is 2470. The average molecular weight is 990 g/mol. The zero-order valence-electron chi connectivity index (χ0n) is 41.1. The number of aromatic hydroxyl groups is 1. The van der Waals surface area contributed by atoms with Gasteiger partial charge >= 0.3 is 18.4 Å². The zero-order chi connectivity index (χ0) is 52.3. The predicted molar refractivity (Wildman–Crippen MR) is 256 cm³/mol. The summed E-state index contributed by atoms with van der Waals surface area (Å²) in [6.07, 6.45) is 9.66. The van der Waals surface area contributed by atoms with Crippen molar-refractivity contribution in [3.05, 3.63) is 106 Å². The highest BCUT2D eigenvalue weighted by Gasteiger charge is 2.48. The number of ketones is 3. The molecule has 0 radical (unpaired) electrons. The monoisotopic (exact) mass is 989 g/mol. The van der Waals surface area contributed by atoms with Crippen LogP contribution in [0.4, 0.5) is 9.18 Å². The van der Waals surface area contributed by atoms with Gasteiger partial charge in [-0.1, -0.05) is 37.3 Å². The van der Waals surface area contributed by atoms with Crippen LogP contribution < -0.4 is 15.4 Å². The third kappa shape index (κ3) is 13.0. The summed E-state index contributed by atoms with van der Waals surface area (Å²) in [5.74, 6) is -5.48. The molecule has 1 aliphatic carbocycles. The molecular formula is C51H64FN5O14. The normalized spacial score (nSPS) is 25.7. The summed E-state index contributed by atoms with van der Waals surface area (Å²) >= 11 is 0. The number of amides is 3. The van der Waals surface area contributed by atoms with Crippen LogP contribution in [0.2, 0.25) is 0 Å². The summed E-state index contributed by atoms with van der Waals surface area (Å²) in [5, 5.41) is 34.6. The molecule has 6 atom stereocenters. The van der Waals surface area contributed by atoms with E-state index in [9.17, 15) is 43.8 Å². The highest BCUT2D eigenvalue weighted by molar-refractivity contribution is 6.32. The van der Waals surface area contributed by atoms with E-state index >= 15 is 4.39 Å². The molecule has 6 aliphatic rings. The fraction of sp³-hybridized carbons (Fsp3) is 0.471. The smallest absolute Gasteiger partial charge is 0.411 e. The summed E-state index contributed by atoms with van der Waals surface area (Å²) in [5.41, 5.74) is -1.43. The molecule has 6 unspecified atom stereocenters. The highest BCUT2D eigenvalue weighted by atomic mass is 19.1. The van der Waals surface area contributed by atoms with Crippen molar-refractivity contribution in [2.45, 2.75) is 104 Å². The van der Waals surface area contributed by atoms with Gasteiger partial charge in [0.1, 0.15) is 40.9 Å². The Balaban J connectivity index is 0.00000463. The van der Waals surface area contributed by atoms with Crippen molar-refractivity contribution >= 4 is 41.2 Å². The Kier molecular flexibility index (Phi) is 19.1. The molecule has 2 saturated heterocycles. The first-order chi connectivity index (χ1) is 33.8. The Labute approximate surface area is 412 Å². The van der Waals surface area contributed by atoms with E-state index in [2.05, 4.69) is 17.2 Å². The number of nitrogens with one attached hydrogen (secondary N) is 2. The zero-order valence-corrected chi connectivity index (χ0v) is 41.1. The Morgan fingerprint density at radius 3 is 2.37 bits per heavy atom. The van der Waals surface area contributed by atoms with Crippen LogP contribution in [0, 0.1) is 12.8 Å². The molecule has 384 valence electrons. The molecule has 0 saturated carbocycles. The van der Waals surface area contributed by atoms with E-state index in [-0.39, 0.29) is 91.4 Å². The topological polar surface area (TPSA) is 251 Å². The van der Waals surface area contributed by atoms with E-state index in [1.807, 2.05) is 13.0 Å². The number of fused-ring (bicyclic) bond motifs is 14. The summed E-state index contributed by atoms with van der Waals surface area (Å²) < 4.78 is 38.2. The number of esters is 1. The molecular weight excluding hydrogens is 926 g/mol. The van der Waals surface area contributed by atoms with Gasteiger partial charge < -0.3 is 54.7 Å². The third-order valence-electron chi connectivity index (χ3n) is 12.6. The van der Waals surface area contributed by atoms with Gasteiger partial charge in [-0.15, -0.1) is 6.58 Å². The predicted octanol–water partition coefficient (Wildman–Crippen LogP) is 4.73. The number of rotatable bonds is 9. The van der Waals surface area contributed by atoms with E-state index in [1.54, 1.807) is 28.9 Å². The van der Waals surface area contributed by atoms with Crippen molar-refractivity contribution in [2.75, 3.05) is 46.4 Å².